The van der Waals surface area contributed by atoms with Gasteiger partial charge in [-0.3, -0.25) is 4.79 Å². The highest BCUT2D eigenvalue weighted by Gasteiger charge is 2.25. The Morgan fingerprint density at radius 3 is 2.78 bits per heavy atom. The van der Waals surface area contributed by atoms with Gasteiger partial charge in [0.25, 0.3) is 0 Å². The molecule has 0 aliphatic carbocycles. The lowest BCUT2D eigenvalue weighted by molar-refractivity contribution is -0.122. The van der Waals surface area contributed by atoms with E-state index >= 15 is 0 Å². The third-order valence-electron chi connectivity index (χ3n) is 3.15. The molecule has 0 bridgehead atoms. The molecule has 0 unspecified atom stereocenters. The van der Waals surface area contributed by atoms with Crippen LogP contribution in [-0.4, -0.2) is 24.0 Å². The molecule has 0 saturated carbocycles. The van der Waals surface area contributed by atoms with Gasteiger partial charge in [-0.25, -0.2) is 4.98 Å². The summed E-state index contributed by atoms with van der Waals surface area (Å²) >= 11 is 3.30. The molecule has 2 rings (SSSR count). The number of carbonyl (C=O) groups excluding carboxylic acids is 1. The zero-order valence-corrected chi connectivity index (χ0v) is 11.4. The van der Waals surface area contributed by atoms with Gasteiger partial charge in [0, 0.05) is 29.7 Å². The van der Waals surface area contributed by atoms with E-state index in [1.165, 1.54) is 0 Å². The molecule has 5 nitrogen and oxygen atoms in total. The summed E-state index contributed by atoms with van der Waals surface area (Å²) in [5.74, 6) is 0.393. The molecule has 1 saturated heterocycles. The van der Waals surface area contributed by atoms with Crippen LogP contribution in [0.4, 0.5) is 5.82 Å². The van der Waals surface area contributed by atoms with Crippen LogP contribution < -0.4 is 10.6 Å². The first-order valence-electron chi connectivity index (χ1n) is 5.71. The SMILES string of the molecule is N#Cc1cc(Br)cnc1N1CCC(C(N)=O)CC1. The maximum Gasteiger partial charge on any atom is 0.220 e. The Labute approximate surface area is 114 Å². The van der Waals surface area contributed by atoms with E-state index in [1.807, 2.05) is 4.90 Å². The number of rotatable bonds is 2. The van der Waals surface area contributed by atoms with E-state index in [1.54, 1.807) is 12.3 Å². The number of nitrogens with two attached hydrogens (primary N) is 1. The fourth-order valence-corrected chi connectivity index (χ4v) is 2.47. The Morgan fingerprint density at radius 1 is 1.56 bits per heavy atom. The van der Waals surface area contributed by atoms with Crippen LogP contribution in [0.25, 0.3) is 0 Å². The van der Waals surface area contributed by atoms with Crippen LogP contribution in [0.15, 0.2) is 16.7 Å². The average molecular weight is 309 g/mol. The zero-order chi connectivity index (χ0) is 13.1. The minimum absolute atomic E-state index is 0.0535. The predicted molar refractivity (Wildman–Crippen MR) is 70.8 cm³/mol. The number of nitriles is 1. The Kier molecular flexibility index (Phi) is 3.82. The predicted octanol–water partition coefficient (Wildman–Crippen LogP) is 1.42. The first-order valence-corrected chi connectivity index (χ1v) is 6.51. The molecule has 1 aromatic heterocycles. The number of carbonyl (C=O) groups is 1. The summed E-state index contributed by atoms with van der Waals surface area (Å²) in [6.45, 7) is 1.41. The van der Waals surface area contributed by atoms with Crippen molar-refractivity contribution in [1.29, 1.82) is 5.26 Å². The standard InChI is InChI=1S/C12H13BrN4O/c13-10-5-9(6-14)12(16-7-10)17-3-1-8(2-4-17)11(15)18/h5,7-8H,1-4H2,(H2,15,18). The second-order valence-electron chi connectivity index (χ2n) is 4.30. The van der Waals surface area contributed by atoms with Crippen molar-refractivity contribution in [3.63, 3.8) is 0 Å². The molecule has 18 heavy (non-hydrogen) atoms. The van der Waals surface area contributed by atoms with Crippen molar-refractivity contribution in [2.45, 2.75) is 12.8 Å². The Bertz CT molecular complexity index is 503. The minimum Gasteiger partial charge on any atom is -0.369 e. The van der Waals surface area contributed by atoms with Gasteiger partial charge >= 0.3 is 0 Å². The summed E-state index contributed by atoms with van der Waals surface area (Å²) in [7, 11) is 0. The van der Waals surface area contributed by atoms with Crippen molar-refractivity contribution in [2.75, 3.05) is 18.0 Å². The first-order chi connectivity index (χ1) is 8.61. The van der Waals surface area contributed by atoms with Gasteiger partial charge in [-0.15, -0.1) is 0 Å². The molecular formula is C12H13BrN4O. The van der Waals surface area contributed by atoms with E-state index in [0.717, 1.165) is 17.3 Å². The summed E-state index contributed by atoms with van der Waals surface area (Å²) in [5.41, 5.74) is 5.84. The fourth-order valence-electron chi connectivity index (χ4n) is 2.14. The van der Waals surface area contributed by atoms with Gasteiger partial charge in [0.15, 0.2) is 0 Å². The van der Waals surface area contributed by atoms with E-state index in [0.29, 0.717) is 24.5 Å². The average Bonchev–Trinajstić information content (AvgIpc) is 2.38. The normalized spacial score (nSPS) is 16.3. The maximum absolute atomic E-state index is 11.1. The van der Waals surface area contributed by atoms with Crippen molar-refractivity contribution < 1.29 is 4.79 Å². The second-order valence-corrected chi connectivity index (χ2v) is 5.22. The van der Waals surface area contributed by atoms with E-state index in [2.05, 4.69) is 27.0 Å². The molecule has 1 amide bonds. The summed E-state index contributed by atoms with van der Waals surface area (Å²) in [6.07, 6.45) is 3.12. The van der Waals surface area contributed by atoms with Gasteiger partial charge in [-0.05, 0) is 34.8 Å². The van der Waals surface area contributed by atoms with Gasteiger partial charge in [0.1, 0.15) is 11.9 Å². The van der Waals surface area contributed by atoms with Crippen molar-refractivity contribution in [3.8, 4) is 6.07 Å². The Morgan fingerprint density at radius 2 is 2.22 bits per heavy atom. The van der Waals surface area contributed by atoms with Crippen molar-refractivity contribution >= 4 is 27.7 Å². The molecule has 1 fully saturated rings. The number of piperidine rings is 1. The largest absolute Gasteiger partial charge is 0.369 e. The molecule has 94 valence electrons. The van der Waals surface area contributed by atoms with E-state index in [9.17, 15) is 4.79 Å². The molecule has 0 radical (unpaired) electrons. The molecule has 2 heterocycles. The van der Waals surface area contributed by atoms with Crippen LogP contribution >= 0.6 is 15.9 Å². The number of hydrogen-bond acceptors (Lipinski definition) is 4. The quantitative estimate of drug-likeness (QED) is 0.895. The van der Waals surface area contributed by atoms with Gasteiger partial charge in [0.2, 0.25) is 5.91 Å². The highest BCUT2D eigenvalue weighted by atomic mass is 79.9. The van der Waals surface area contributed by atoms with Crippen LogP contribution in [0.3, 0.4) is 0 Å². The van der Waals surface area contributed by atoms with Gasteiger partial charge in [-0.1, -0.05) is 0 Å². The van der Waals surface area contributed by atoms with Gasteiger partial charge in [0.05, 0.1) is 5.56 Å². The molecular weight excluding hydrogens is 296 g/mol. The maximum atomic E-state index is 11.1. The van der Waals surface area contributed by atoms with E-state index < -0.39 is 0 Å². The third kappa shape index (κ3) is 2.62. The smallest absolute Gasteiger partial charge is 0.220 e. The highest BCUT2D eigenvalue weighted by Crippen LogP contribution is 2.25. The molecule has 2 N–H and O–H groups in total. The molecule has 0 spiro atoms. The minimum atomic E-state index is -0.237. The first kappa shape index (κ1) is 12.8. The van der Waals surface area contributed by atoms with Crippen LogP contribution in [0.2, 0.25) is 0 Å². The van der Waals surface area contributed by atoms with Crippen LogP contribution in [0.5, 0.6) is 0 Å². The number of hydrogen-bond donors (Lipinski definition) is 1. The van der Waals surface area contributed by atoms with Crippen LogP contribution in [0, 0.1) is 17.2 Å². The summed E-state index contributed by atoms with van der Waals surface area (Å²) < 4.78 is 0.787. The Balaban J connectivity index is 2.15. The highest BCUT2D eigenvalue weighted by molar-refractivity contribution is 9.10. The summed E-state index contributed by atoms with van der Waals surface area (Å²) in [5, 5.41) is 9.10. The number of anilines is 1. The number of amides is 1. The van der Waals surface area contributed by atoms with Gasteiger partial charge in [-0.2, -0.15) is 5.26 Å². The van der Waals surface area contributed by atoms with E-state index in [4.69, 9.17) is 11.0 Å². The number of pyridine rings is 1. The summed E-state index contributed by atoms with van der Waals surface area (Å²) in [6, 6.07) is 3.89. The molecule has 0 atom stereocenters. The molecule has 1 aliphatic rings. The Hall–Kier alpha value is -1.61. The molecule has 1 aromatic rings. The van der Waals surface area contributed by atoms with E-state index in [-0.39, 0.29) is 11.8 Å². The zero-order valence-electron chi connectivity index (χ0n) is 9.77. The van der Waals surface area contributed by atoms with Crippen molar-refractivity contribution in [3.05, 3.63) is 22.3 Å². The molecule has 1 aliphatic heterocycles. The lowest BCUT2D eigenvalue weighted by Crippen LogP contribution is -2.39. The third-order valence-corrected chi connectivity index (χ3v) is 3.58. The summed E-state index contributed by atoms with van der Waals surface area (Å²) in [4.78, 5) is 17.4. The number of nitrogens with zero attached hydrogens (tertiary/aromatic N) is 3. The monoisotopic (exact) mass is 308 g/mol. The molecule has 6 heteroatoms. The van der Waals surface area contributed by atoms with Crippen molar-refractivity contribution in [2.24, 2.45) is 11.7 Å². The fraction of sp³-hybridized carbons (Fsp3) is 0.417. The lowest BCUT2D eigenvalue weighted by Gasteiger charge is -2.31. The number of primary amides is 1. The second kappa shape index (κ2) is 5.36. The molecule has 0 aromatic carbocycles. The number of aromatic nitrogens is 1. The topological polar surface area (TPSA) is 83.0 Å². The lowest BCUT2D eigenvalue weighted by atomic mass is 9.96. The van der Waals surface area contributed by atoms with Crippen LogP contribution in [0.1, 0.15) is 18.4 Å². The van der Waals surface area contributed by atoms with Gasteiger partial charge < -0.3 is 10.6 Å². The van der Waals surface area contributed by atoms with Crippen molar-refractivity contribution in [1.82, 2.24) is 4.98 Å². The van der Waals surface area contributed by atoms with Crippen LogP contribution in [-0.2, 0) is 4.79 Å². The number of halogens is 1.